The molecule has 5 nitrogen and oxygen atoms in total. The molecule has 6 heteroatoms. The van der Waals surface area contributed by atoms with Crippen molar-refractivity contribution in [3.63, 3.8) is 0 Å². The second-order valence-corrected chi connectivity index (χ2v) is 6.74. The van der Waals surface area contributed by atoms with Gasteiger partial charge < -0.3 is 10.2 Å². The topological polar surface area (TPSA) is 58.1 Å². The van der Waals surface area contributed by atoms with E-state index in [1.807, 2.05) is 45.4 Å². The van der Waals surface area contributed by atoms with Crippen LogP contribution in [0.15, 0.2) is 35.5 Å². The first kappa shape index (κ1) is 19.2. The zero-order valence-corrected chi connectivity index (χ0v) is 16.2. The van der Waals surface area contributed by atoms with Gasteiger partial charge in [-0.25, -0.2) is 9.97 Å². The number of rotatable bonds is 8. The second-order valence-electron chi connectivity index (χ2n) is 5.97. The number of thioether (sulfide) groups is 1. The van der Waals surface area contributed by atoms with E-state index in [0.717, 1.165) is 34.3 Å². The van der Waals surface area contributed by atoms with Gasteiger partial charge in [0.2, 0.25) is 5.91 Å². The summed E-state index contributed by atoms with van der Waals surface area (Å²) in [5.74, 6) is 0.0641. The monoisotopic (exact) mass is 358 g/mol. The highest BCUT2D eigenvalue weighted by atomic mass is 32.2. The molecule has 0 fully saturated rings. The molecule has 2 rings (SSSR count). The van der Waals surface area contributed by atoms with Crippen LogP contribution in [-0.4, -0.2) is 42.3 Å². The van der Waals surface area contributed by atoms with E-state index < -0.39 is 0 Å². The fourth-order valence-corrected chi connectivity index (χ4v) is 3.12. The molecule has 0 unspecified atom stereocenters. The summed E-state index contributed by atoms with van der Waals surface area (Å²) in [6, 6.07) is 10.1. The maximum atomic E-state index is 12.1. The van der Waals surface area contributed by atoms with Gasteiger partial charge in [0.05, 0.1) is 0 Å². The molecule has 0 spiro atoms. The normalized spacial score (nSPS) is 10.6. The number of hydrogen-bond acceptors (Lipinski definition) is 5. The van der Waals surface area contributed by atoms with E-state index in [1.165, 1.54) is 11.8 Å². The van der Waals surface area contributed by atoms with Crippen molar-refractivity contribution in [2.24, 2.45) is 0 Å². The number of anilines is 1. The second kappa shape index (κ2) is 9.42. The molecule has 1 aromatic heterocycles. The summed E-state index contributed by atoms with van der Waals surface area (Å²) < 4.78 is 0. The van der Waals surface area contributed by atoms with Crippen molar-refractivity contribution in [3.8, 4) is 0 Å². The third-order valence-corrected chi connectivity index (χ3v) is 4.70. The minimum atomic E-state index is 0.0641. The number of carbonyl (C=O) groups is 1. The summed E-state index contributed by atoms with van der Waals surface area (Å²) >= 11 is 1.54. The number of amides is 1. The number of likely N-dealkylation sites (N-methyl/N-ethyl adjacent to an activating group) is 1. The lowest BCUT2D eigenvalue weighted by atomic mass is 10.1. The Labute approximate surface area is 154 Å². The Kier molecular flexibility index (Phi) is 7.25. The number of aryl methyl sites for hydroxylation is 2. The molecule has 0 radical (unpaired) electrons. The summed E-state index contributed by atoms with van der Waals surface area (Å²) in [5, 5.41) is 3.77. The number of benzene rings is 1. The summed E-state index contributed by atoms with van der Waals surface area (Å²) in [7, 11) is 2.03. The number of nitrogens with zero attached hydrogens (tertiary/aromatic N) is 3. The first-order chi connectivity index (χ1) is 12.0. The van der Waals surface area contributed by atoms with Crippen LogP contribution >= 0.6 is 11.8 Å². The molecule has 1 amide bonds. The van der Waals surface area contributed by atoms with Gasteiger partial charge in [-0.3, -0.25) is 4.79 Å². The van der Waals surface area contributed by atoms with Crippen LogP contribution in [0.1, 0.15) is 23.4 Å². The van der Waals surface area contributed by atoms with E-state index in [4.69, 9.17) is 0 Å². The van der Waals surface area contributed by atoms with E-state index >= 15 is 0 Å². The van der Waals surface area contributed by atoms with Crippen LogP contribution < -0.4 is 10.2 Å². The minimum Gasteiger partial charge on any atom is -0.373 e. The molecule has 0 saturated carbocycles. The summed E-state index contributed by atoms with van der Waals surface area (Å²) in [4.78, 5) is 23.2. The van der Waals surface area contributed by atoms with Crippen LogP contribution in [0.2, 0.25) is 0 Å². The molecule has 2 aromatic rings. The van der Waals surface area contributed by atoms with Gasteiger partial charge in [0, 0.05) is 43.6 Å². The van der Waals surface area contributed by atoms with Crippen LogP contribution in [0.25, 0.3) is 0 Å². The Hall–Kier alpha value is -2.08. The fraction of sp³-hybridized carbons (Fsp3) is 0.421. The highest BCUT2D eigenvalue weighted by Crippen LogP contribution is 2.17. The van der Waals surface area contributed by atoms with E-state index in [9.17, 15) is 4.79 Å². The zero-order chi connectivity index (χ0) is 18.2. The van der Waals surface area contributed by atoms with Crippen LogP contribution in [0, 0.1) is 13.8 Å². The van der Waals surface area contributed by atoms with E-state index in [-0.39, 0.29) is 5.91 Å². The smallest absolute Gasteiger partial charge is 0.220 e. The highest BCUT2D eigenvalue weighted by Gasteiger charge is 2.10. The summed E-state index contributed by atoms with van der Waals surface area (Å²) in [6.45, 7) is 5.37. The molecule has 134 valence electrons. The number of aromatic nitrogens is 2. The van der Waals surface area contributed by atoms with Crippen molar-refractivity contribution >= 4 is 23.4 Å². The van der Waals surface area contributed by atoms with Crippen molar-refractivity contribution in [2.75, 3.05) is 31.3 Å². The minimum absolute atomic E-state index is 0.0641. The fourth-order valence-electron chi connectivity index (χ4n) is 2.66. The van der Waals surface area contributed by atoms with E-state index in [1.54, 1.807) is 0 Å². The molecular weight excluding hydrogens is 332 g/mol. The molecule has 1 heterocycles. The molecule has 0 aliphatic carbocycles. The van der Waals surface area contributed by atoms with Crippen molar-refractivity contribution < 1.29 is 4.79 Å². The average Bonchev–Trinajstić information content (AvgIpc) is 2.61. The molecule has 0 aliphatic heterocycles. The lowest BCUT2D eigenvalue weighted by Gasteiger charge is -2.19. The van der Waals surface area contributed by atoms with Gasteiger partial charge in [-0.05, 0) is 44.2 Å². The highest BCUT2D eigenvalue weighted by molar-refractivity contribution is 7.98. The Balaban J connectivity index is 1.78. The first-order valence-corrected chi connectivity index (χ1v) is 9.64. The zero-order valence-electron chi connectivity index (χ0n) is 15.4. The molecule has 0 bridgehead atoms. The molecule has 1 N–H and O–H groups in total. The quantitative estimate of drug-likeness (QED) is 0.581. The molecule has 25 heavy (non-hydrogen) atoms. The molecule has 0 atom stereocenters. The number of hydrogen-bond donors (Lipinski definition) is 1. The predicted octanol–water partition coefficient (Wildman–Crippen LogP) is 3.00. The van der Waals surface area contributed by atoms with Gasteiger partial charge >= 0.3 is 0 Å². The SMILES string of the molecule is CSc1nc(C)c(CCC(=O)NCCN(C)c2ccccc2)c(C)n1. The van der Waals surface area contributed by atoms with E-state index in [0.29, 0.717) is 19.4 Å². The van der Waals surface area contributed by atoms with Gasteiger partial charge in [0.15, 0.2) is 5.16 Å². The molecular formula is C19H26N4OS. The lowest BCUT2D eigenvalue weighted by molar-refractivity contribution is -0.120. The Morgan fingerprint density at radius 2 is 1.80 bits per heavy atom. The number of para-hydroxylation sites is 1. The number of nitrogens with one attached hydrogen (secondary N) is 1. The van der Waals surface area contributed by atoms with Gasteiger partial charge in [0.1, 0.15) is 0 Å². The largest absolute Gasteiger partial charge is 0.373 e. The van der Waals surface area contributed by atoms with Gasteiger partial charge in [-0.2, -0.15) is 0 Å². The van der Waals surface area contributed by atoms with Crippen molar-refractivity contribution in [1.82, 2.24) is 15.3 Å². The van der Waals surface area contributed by atoms with Crippen LogP contribution in [-0.2, 0) is 11.2 Å². The molecule has 0 aliphatic rings. The van der Waals surface area contributed by atoms with Gasteiger partial charge in [-0.15, -0.1) is 0 Å². The predicted molar refractivity (Wildman–Crippen MR) is 104 cm³/mol. The van der Waals surface area contributed by atoms with Gasteiger partial charge in [0.25, 0.3) is 0 Å². The third kappa shape index (κ3) is 5.74. The summed E-state index contributed by atoms with van der Waals surface area (Å²) in [5.41, 5.74) is 4.16. The molecule has 1 aromatic carbocycles. The first-order valence-electron chi connectivity index (χ1n) is 8.42. The Morgan fingerprint density at radius 1 is 1.16 bits per heavy atom. The van der Waals surface area contributed by atoms with Crippen molar-refractivity contribution in [1.29, 1.82) is 0 Å². The van der Waals surface area contributed by atoms with Gasteiger partial charge in [-0.1, -0.05) is 30.0 Å². The van der Waals surface area contributed by atoms with Crippen molar-refractivity contribution in [2.45, 2.75) is 31.8 Å². The summed E-state index contributed by atoms with van der Waals surface area (Å²) in [6.07, 6.45) is 3.10. The average molecular weight is 359 g/mol. The number of carbonyl (C=O) groups excluding carboxylic acids is 1. The molecule has 0 saturated heterocycles. The van der Waals surface area contributed by atoms with Crippen molar-refractivity contribution in [3.05, 3.63) is 47.3 Å². The maximum absolute atomic E-state index is 12.1. The Bertz CT molecular complexity index is 683. The Morgan fingerprint density at radius 3 is 2.40 bits per heavy atom. The standard InChI is InChI=1S/C19H26N4OS/c1-14-17(15(2)22-19(21-14)25-4)10-11-18(24)20-12-13-23(3)16-8-6-5-7-9-16/h5-9H,10-13H2,1-4H3,(H,20,24). The maximum Gasteiger partial charge on any atom is 0.220 e. The van der Waals surface area contributed by atoms with Crippen LogP contribution in [0.3, 0.4) is 0 Å². The third-order valence-electron chi connectivity index (χ3n) is 4.15. The lowest BCUT2D eigenvalue weighted by Crippen LogP contribution is -2.33. The van der Waals surface area contributed by atoms with Crippen LogP contribution in [0.5, 0.6) is 0 Å². The van der Waals surface area contributed by atoms with E-state index in [2.05, 4.69) is 32.3 Å². The van der Waals surface area contributed by atoms with Crippen LogP contribution in [0.4, 0.5) is 5.69 Å².